The number of para-hydroxylation sites is 1. The Labute approximate surface area is 178 Å². The number of imidazole rings is 2. The fourth-order valence-electron chi connectivity index (χ4n) is 4.46. The van der Waals surface area contributed by atoms with Crippen LogP contribution >= 0.6 is 0 Å². The van der Waals surface area contributed by atoms with Gasteiger partial charge in [-0.2, -0.15) is 0 Å². The van der Waals surface area contributed by atoms with Crippen LogP contribution in [0.5, 0.6) is 5.75 Å². The lowest BCUT2D eigenvalue weighted by atomic mass is 9.88. The van der Waals surface area contributed by atoms with E-state index < -0.39 is 0 Å². The van der Waals surface area contributed by atoms with E-state index in [9.17, 15) is 5.11 Å². The minimum Gasteiger partial charge on any atom is -0.508 e. The lowest BCUT2D eigenvalue weighted by Gasteiger charge is -2.40. The molecule has 1 aromatic carbocycles. The molecule has 2 aromatic heterocycles. The monoisotopic (exact) mass is 408 g/mol. The molecule has 2 atom stereocenters. The molecule has 7 heteroatoms. The molecule has 3 aromatic rings. The first-order chi connectivity index (χ1) is 14.6. The first-order valence-electron chi connectivity index (χ1n) is 10.8. The van der Waals surface area contributed by atoms with Crippen LogP contribution in [0.3, 0.4) is 0 Å². The summed E-state index contributed by atoms with van der Waals surface area (Å²) in [6.45, 7) is 2.21. The van der Waals surface area contributed by atoms with Gasteiger partial charge in [-0.25, -0.2) is 9.97 Å². The third-order valence-corrected chi connectivity index (χ3v) is 6.27. The molecule has 1 aliphatic carbocycles. The number of rotatable bonds is 8. The Hall–Kier alpha value is -2.64. The van der Waals surface area contributed by atoms with Crippen LogP contribution < -0.4 is 5.32 Å². The number of nitrogens with one attached hydrogen (secondary N) is 1. The van der Waals surface area contributed by atoms with Gasteiger partial charge in [0.1, 0.15) is 17.4 Å². The van der Waals surface area contributed by atoms with Gasteiger partial charge in [0.25, 0.3) is 0 Å². The molecule has 0 radical (unpaired) electrons. The molecule has 2 N–H and O–H groups in total. The predicted molar refractivity (Wildman–Crippen MR) is 117 cm³/mol. The number of nitrogens with zero attached hydrogens (tertiary/aromatic N) is 5. The lowest BCUT2D eigenvalue weighted by molar-refractivity contribution is 0.101. The minimum atomic E-state index is 0.357. The molecule has 1 aliphatic rings. The maximum absolute atomic E-state index is 10.4. The molecule has 160 valence electrons. The second-order valence-corrected chi connectivity index (χ2v) is 8.28. The molecule has 4 rings (SSSR count). The Bertz CT molecular complexity index is 949. The van der Waals surface area contributed by atoms with E-state index in [2.05, 4.69) is 29.3 Å². The van der Waals surface area contributed by atoms with E-state index in [0.29, 0.717) is 24.4 Å². The minimum absolute atomic E-state index is 0.357. The summed E-state index contributed by atoms with van der Waals surface area (Å²) in [6.07, 6.45) is 12.4. The van der Waals surface area contributed by atoms with E-state index >= 15 is 0 Å². The van der Waals surface area contributed by atoms with Gasteiger partial charge in [-0.15, -0.1) is 0 Å². The Kier molecular flexibility index (Phi) is 6.50. The van der Waals surface area contributed by atoms with Crippen LogP contribution in [-0.2, 0) is 33.7 Å². The van der Waals surface area contributed by atoms with Crippen LogP contribution in [0.1, 0.15) is 42.9 Å². The molecule has 7 nitrogen and oxygen atoms in total. The first kappa shape index (κ1) is 20.6. The van der Waals surface area contributed by atoms with Crippen LogP contribution in [0.4, 0.5) is 0 Å². The van der Waals surface area contributed by atoms with Crippen LogP contribution in [0.15, 0.2) is 49.1 Å². The molecular formula is C23H32N6O. The van der Waals surface area contributed by atoms with Gasteiger partial charge in [-0.3, -0.25) is 4.90 Å². The maximum Gasteiger partial charge on any atom is 0.122 e. The highest BCUT2D eigenvalue weighted by Crippen LogP contribution is 2.28. The van der Waals surface area contributed by atoms with Crippen molar-refractivity contribution in [2.45, 2.75) is 57.4 Å². The number of aromatic nitrogens is 4. The van der Waals surface area contributed by atoms with Gasteiger partial charge in [-0.1, -0.05) is 31.0 Å². The predicted octanol–water partition coefficient (Wildman–Crippen LogP) is 2.96. The largest absolute Gasteiger partial charge is 0.508 e. The van der Waals surface area contributed by atoms with Gasteiger partial charge in [0.2, 0.25) is 0 Å². The standard InChI is InChI=1S/C23H32N6O/c1-27-13-11-24-22(27)15-26-19-8-4-5-9-20(19)29(17-23-25-12-14-28(23)2)16-18-7-3-6-10-21(18)30/h3,6-7,10-14,19-20,26,30H,4-5,8-9,15-17H2,1-2H3. The Morgan fingerprint density at radius 1 is 1.00 bits per heavy atom. The number of phenols is 1. The number of aryl methyl sites for hydroxylation is 2. The second-order valence-electron chi connectivity index (χ2n) is 8.28. The molecule has 1 fully saturated rings. The average molecular weight is 409 g/mol. The van der Waals surface area contributed by atoms with Gasteiger partial charge < -0.3 is 19.6 Å². The van der Waals surface area contributed by atoms with E-state index in [1.54, 1.807) is 6.07 Å². The number of aromatic hydroxyl groups is 1. The summed E-state index contributed by atoms with van der Waals surface area (Å²) < 4.78 is 4.15. The third kappa shape index (κ3) is 4.74. The van der Waals surface area contributed by atoms with Crippen molar-refractivity contribution in [3.05, 3.63) is 66.3 Å². The summed E-state index contributed by atoms with van der Waals surface area (Å²) in [5, 5.41) is 14.2. The Morgan fingerprint density at radius 3 is 2.40 bits per heavy atom. The third-order valence-electron chi connectivity index (χ3n) is 6.27. The quantitative estimate of drug-likeness (QED) is 0.600. The number of hydrogen-bond acceptors (Lipinski definition) is 5. The SMILES string of the molecule is Cn1ccnc1CNC1CCCCC1N(Cc1ccccc1O)Cc1nccn1C. The van der Waals surface area contributed by atoms with Crippen molar-refractivity contribution in [2.75, 3.05) is 0 Å². The summed E-state index contributed by atoms with van der Waals surface area (Å²) in [5.74, 6) is 2.45. The molecule has 0 amide bonds. The van der Waals surface area contributed by atoms with E-state index in [-0.39, 0.29) is 0 Å². The van der Waals surface area contributed by atoms with Crippen molar-refractivity contribution in [2.24, 2.45) is 14.1 Å². The molecule has 0 saturated heterocycles. The molecule has 0 spiro atoms. The highest BCUT2D eigenvalue weighted by molar-refractivity contribution is 5.31. The normalized spacial score (nSPS) is 19.4. The fraction of sp³-hybridized carbons (Fsp3) is 0.478. The van der Waals surface area contributed by atoms with Crippen molar-refractivity contribution < 1.29 is 5.11 Å². The Balaban J connectivity index is 1.55. The zero-order chi connectivity index (χ0) is 20.9. The molecular weight excluding hydrogens is 376 g/mol. The molecule has 30 heavy (non-hydrogen) atoms. The van der Waals surface area contributed by atoms with Gasteiger partial charge in [-0.05, 0) is 18.9 Å². The molecule has 1 saturated carbocycles. The van der Waals surface area contributed by atoms with E-state index in [0.717, 1.165) is 43.1 Å². The van der Waals surface area contributed by atoms with Gasteiger partial charge in [0, 0.05) is 63.1 Å². The molecule has 0 aliphatic heterocycles. The van der Waals surface area contributed by atoms with Gasteiger partial charge in [0.15, 0.2) is 0 Å². The molecule has 2 unspecified atom stereocenters. The van der Waals surface area contributed by atoms with Crippen molar-refractivity contribution in [1.82, 2.24) is 29.3 Å². The number of phenolic OH excluding ortho intramolecular Hbond substituents is 1. The summed E-state index contributed by atoms with van der Waals surface area (Å²) in [5.41, 5.74) is 0.958. The van der Waals surface area contributed by atoms with Gasteiger partial charge >= 0.3 is 0 Å². The van der Waals surface area contributed by atoms with Crippen LogP contribution in [0.2, 0.25) is 0 Å². The zero-order valence-electron chi connectivity index (χ0n) is 17.9. The Morgan fingerprint density at radius 2 is 1.70 bits per heavy atom. The highest BCUT2D eigenvalue weighted by Gasteiger charge is 2.31. The van der Waals surface area contributed by atoms with Crippen LogP contribution in [0, 0.1) is 0 Å². The second kappa shape index (κ2) is 9.45. The number of hydrogen-bond donors (Lipinski definition) is 2. The maximum atomic E-state index is 10.4. The van der Waals surface area contributed by atoms with Crippen molar-refractivity contribution in [3.8, 4) is 5.75 Å². The van der Waals surface area contributed by atoms with E-state index in [1.165, 1.54) is 12.8 Å². The summed E-state index contributed by atoms with van der Waals surface area (Å²) in [4.78, 5) is 11.5. The summed E-state index contributed by atoms with van der Waals surface area (Å²) in [7, 11) is 4.08. The topological polar surface area (TPSA) is 71.1 Å². The first-order valence-corrected chi connectivity index (χ1v) is 10.8. The summed E-state index contributed by atoms with van der Waals surface area (Å²) in [6, 6.07) is 8.40. The van der Waals surface area contributed by atoms with Crippen molar-refractivity contribution in [3.63, 3.8) is 0 Å². The molecule has 2 heterocycles. The molecule has 0 bridgehead atoms. The van der Waals surface area contributed by atoms with E-state index in [1.807, 2.05) is 57.1 Å². The van der Waals surface area contributed by atoms with E-state index in [4.69, 9.17) is 0 Å². The zero-order valence-corrected chi connectivity index (χ0v) is 17.9. The summed E-state index contributed by atoms with van der Waals surface area (Å²) >= 11 is 0. The lowest BCUT2D eigenvalue weighted by Crippen LogP contribution is -2.51. The fourth-order valence-corrected chi connectivity index (χ4v) is 4.46. The van der Waals surface area contributed by atoms with Crippen LogP contribution in [0.25, 0.3) is 0 Å². The van der Waals surface area contributed by atoms with Crippen molar-refractivity contribution in [1.29, 1.82) is 0 Å². The van der Waals surface area contributed by atoms with Gasteiger partial charge in [0.05, 0.1) is 13.1 Å². The van der Waals surface area contributed by atoms with Crippen LogP contribution in [-0.4, -0.2) is 41.2 Å². The smallest absolute Gasteiger partial charge is 0.122 e. The highest BCUT2D eigenvalue weighted by atomic mass is 16.3. The number of benzene rings is 1. The average Bonchev–Trinajstić information content (AvgIpc) is 3.35. The van der Waals surface area contributed by atoms with Crippen molar-refractivity contribution >= 4 is 0 Å².